The zero-order valence-corrected chi connectivity index (χ0v) is 9.19. The second-order valence-electron chi connectivity index (χ2n) is 4.93. The number of aliphatic imine (C=N–C) groups is 1. The molecule has 4 heterocycles. The lowest BCUT2D eigenvalue weighted by atomic mass is 9.86. The molecule has 3 heteroatoms. The summed E-state index contributed by atoms with van der Waals surface area (Å²) in [6.07, 6.45) is 7.01. The van der Waals surface area contributed by atoms with Gasteiger partial charge in [0.25, 0.3) is 0 Å². The quantitative estimate of drug-likeness (QED) is 0.700. The van der Waals surface area contributed by atoms with Gasteiger partial charge in [-0.3, -0.25) is 4.99 Å². The number of amidine groups is 1. The maximum absolute atomic E-state index is 4.62. The van der Waals surface area contributed by atoms with Crippen molar-refractivity contribution in [3.8, 4) is 0 Å². The third kappa shape index (κ3) is 1.06. The van der Waals surface area contributed by atoms with Crippen LogP contribution >= 0.6 is 0 Å². The monoisotopic (exact) mass is 213 g/mol. The van der Waals surface area contributed by atoms with Crippen LogP contribution in [-0.4, -0.2) is 16.9 Å². The van der Waals surface area contributed by atoms with Gasteiger partial charge in [-0.2, -0.15) is 0 Å². The fourth-order valence-electron chi connectivity index (χ4n) is 3.21. The molecule has 3 nitrogen and oxygen atoms in total. The van der Waals surface area contributed by atoms with Gasteiger partial charge in [0, 0.05) is 42.5 Å². The topological polar surface area (TPSA) is 29.3 Å². The molecule has 1 fully saturated rings. The minimum atomic E-state index is 0.638. The van der Waals surface area contributed by atoms with Crippen molar-refractivity contribution in [2.75, 3.05) is 6.54 Å². The zero-order chi connectivity index (χ0) is 10.5. The molecule has 0 saturated carbocycles. The summed E-state index contributed by atoms with van der Waals surface area (Å²) in [5.74, 6) is 2.53. The van der Waals surface area contributed by atoms with Crippen molar-refractivity contribution >= 4 is 11.9 Å². The van der Waals surface area contributed by atoms with Crippen molar-refractivity contribution in [1.29, 1.82) is 0 Å². The van der Waals surface area contributed by atoms with E-state index in [2.05, 4.69) is 39.3 Å². The number of nitrogens with one attached hydrogen (secondary N) is 1. The number of aromatic nitrogens is 1. The lowest BCUT2D eigenvalue weighted by Gasteiger charge is -2.25. The molecule has 0 bridgehead atoms. The molecular formula is C13H15N3. The molecule has 1 aromatic rings. The second-order valence-corrected chi connectivity index (χ2v) is 4.93. The van der Waals surface area contributed by atoms with Gasteiger partial charge < -0.3 is 9.88 Å². The van der Waals surface area contributed by atoms with Gasteiger partial charge in [-0.25, -0.2) is 0 Å². The molecule has 82 valence electrons. The summed E-state index contributed by atoms with van der Waals surface area (Å²) in [5, 5.41) is 3.52. The van der Waals surface area contributed by atoms with E-state index in [4.69, 9.17) is 0 Å². The van der Waals surface area contributed by atoms with Crippen molar-refractivity contribution in [2.24, 2.45) is 16.8 Å². The highest BCUT2D eigenvalue weighted by Crippen LogP contribution is 2.37. The Morgan fingerprint density at radius 1 is 1.38 bits per heavy atom. The smallest absolute Gasteiger partial charge is 0.104 e. The van der Waals surface area contributed by atoms with Gasteiger partial charge in [0.05, 0.1) is 0 Å². The molecule has 0 amide bonds. The van der Waals surface area contributed by atoms with Crippen LogP contribution in [0.25, 0.3) is 6.08 Å². The third-order valence-corrected chi connectivity index (χ3v) is 4.03. The van der Waals surface area contributed by atoms with Crippen LogP contribution in [-0.2, 0) is 6.54 Å². The molecule has 16 heavy (non-hydrogen) atoms. The van der Waals surface area contributed by atoms with Crippen LogP contribution in [0.1, 0.15) is 18.5 Å². The highest BCUT2D eigenvalue weighted by molar-refractivity contribution is 5.91. The van der Waals surface area contributed by atoms with Gasteiger partial charge in [-0.1, -0.05) is 0 Å². The average Bonchev–Trinajstić information content (AvgIpc) is 2.88. The van der Waals surface area contributed by atoms with Crippen molar-refractivity contribution < 1.29 is 0 Å². The van der Waals surface area contributed by atoms with Gasteiger partial charge in [-0.05, 0) is 31.1 Å². The maximum Gasteiger partial charge on any atom is 0.104 e. The number of allylic oxidation sites excluding steroid dienone is 1. The van der Waals surface area contributed by atoms with Gasteiger partial charge in [0.2, 0.25) is 0 Å². The Kier molecular flexibility index (Phi) is 1.62. The normalized spacial score (nSPS) is 30.8. The first-order chi connectivity index (χ1) is 7.92. The lowest BCUT2D eigenvalue weighted by molar-refractivity contribution is 0.396. The van der Waals surface area contributed by atoms with Crippen LogP contribution in [0.3, 0.4) is 0 Å². The van der Waals surface area contributed by atoms with E-state index in [1.54, 1.807) is 0 Å². The summed E-state index contributed by atoms with van der Waals surface area (Å²) in [6, 6.07) is 4.30. The minimum Gasteiger partial charge on any atom is -0.347 e. The summed E-state index contributed by atoms with van der Waals surface area (Å²) in [5.41, 5.74) is 2.70. The molecule has 0 aromatic carbocycles. The molecule has 1 aromatic heterocycles. The van der Waals surface area contributed by atoms with E-state index in [0.717, 1.165) is 13.1 Å². The van der Waals surface area contributed by atoms with E-state index in [9.17, 15) is 0 Å². The first kappa shape index (κ1) is 8.62. The molecule has 1 saturated heterocycles. The van der Waals surface area contributed by atoms with E-state index in [0.29, 0.717) is 11.8 Å². The molecule has 0 radical (unpaired) electrons. The molecule has 2 unspecified atom stereocenters. The largest absolute Gasteiger partial charge is 0.347 e. The number of nitrogens with zero attached hydrogens (tertiary/aromatic N) is 2. The minimum absolute atomic E-state index is 0.638. The Hall–Kier alpha value is -1.51. The second kappa shape index (κ2) is 3.00. The Bertz CT molecular complexity index is 495. The summed E-state index contributed by atoms with van der Waals surface area (Å²) in [4.78, 5) is 4.62. The van der Waals surface area contributed by atoms with Crippen LogP contribution in [0.15, 0.2) is 29.0 Å². The highest BCUT2D eigenvalue weighted by atomic mass is 15.1. The van der Waals surface area contributed by atoms with Crippen molar-refractivity contribution in [3.05, 3.63) is 29.7 Å². The summed E-state index contributed by atoms with van der Waals surface area (Å²) < 4.78 is 2.35. The highest BCUT2D eigenvalue weighted by Gasteiger charge is 2.39. The fourth-order valence-corrected chi connectivity index (χ4v) is 3.21. The van der Waals surface area contributed by atoms with Crippen molar-refractivity contribution in [1.82, 2.24) is 9.88 Å². The van der Waals surface area contributed by atoms with E-state index < -0.39 is 0 Å². The number of rotatable bonds is 0. The molecule has 0 spiro atoms. The van der Waals surface area contributed by atoms with E-state index >= 15 is 0 Å². The van der Waals surface area contributed by atoms with E-state index in [-0.39, 0.29) is 0 Å². The maximum atomic E-state index is 4.62. The number of hydrogen-bond donors (Lipinski definition) is 1. The Morgan fingerprint density at radius 2 is 2.38 bits per heavy atom. The first-order valence-corrected chi connectivity index (χ1v) is 6.10. The predicted octanol–water partition coefficient (Wildman–Crippen LogP) is 1.87. The van der Waals surface area contributed by atoms with Gasteiger partial charge in [-0.15, -0.1) is 0 Å². The zero-order valence-electron chi connectivity index (χ0n) is 9.19. The number of fused-ring (bicyclic) bond motifs is 4. The van der Waals surface area contributed by atoms with Gasteiger partial charge >= 0.3 is 0 Å². The first-order valence-electron chi connectivity index (χ1n) is 6.10. The van der Waals surface area contributed by atoms with E-state index in [1.807, 2.05) is 0 Å². The van der Waals surface area contributed by atoms with Crippen molar-refractivity contribution in [2.45, 2.75) is 19.4 Å². The van der Waals surface area contributed by atoms with Crippen LogP contribution in [0.2, 0.25) is 0 Å². The lowest BCUT2D eigenvalue weighted by Crippen LogP contribution is -2.25. The van der Waals surface area contributed by atoms with Crippen LogP contribution in [0.5, 0.6) is 0 Å². The Balaban J connectivity index is 1.78. The summed E-state index contributed by atoms with van der Waals surface area (Å²) in [7, 11) is 0. The van der Waals surface area contributed by atoms with Gasteiger partial charge in [0.15, 0.2) is 0 Å². The number of hydrogen-bond acceptors (Lipinski definition) is 2. The molecule has 2 atom stereocenters. The fraction of sp³-hybridized carbons (Fsp3) is 0.462. The van der Waals surface area contributed by atoms with Crippen LogP contribution in [0.4, 0.5) is 0 Å². The average molecular weight is 213 g/mol. The predicted molar refractivity (Wildman–Crippen MR) is 64.1 cm³/mol. The van der Waals surface area contributed by atoms with Crippen LogP contribution in [0, 0.1) is 11.8 Å². The summed E-state index contributed by atoms with van der Waals surface area (Å²) in [6.45, 7) is 2.12. The molecule has 3 aliphatic rings. The Labute approximate surface area is 94.9 Å². The third-order valence-electron chi connectivity index (χ3n) is 4.03. The Morgan fingerprint density at radius 3 is 3.38 bits per heavy atom. The molecule has 4 rings (SSSR count). The molecule has 3 aliphatic heterocycles. The molecule has 1 N–H and O–H groups in total. The van der Waals surface area contributed by atoms with Gasteiger partial charge in [0.1, 0.15) is 5.84 Å². The SMILES string of the molecule is C1=C2NC3=NCCCC3C2Cn2cccc21. The summed E-state index contributed by atoms with van der Waals surface area (Å²) >= 11 is 0. The standard InChI is InChI=1S/C13H15N3/c1-4-10-11-8-16-6-2-3-9(16)7-12(11)15-13(10)14-5-1/h2-3,6-7,10-11H,1,4-5,8H2,(H,14,15). The van der Waals surface area contributed by atoms with E-state index in [1.165, 1.54) is 30.1 Å². The van der Waals surface area contributed by atoms with Crippen molar-refractivity contribution in [3.63, 3.8) is 0 Å². The van der Waals surface area contributed by atoms with Crippen LogP contribution < -0.4 is 5.32 Å². The molecular weight excluding hydrogens is 198 g/mol. The molecule has 0 aliphatic carbocycles.